The van der Waals surface area contributed by atoms with Crippen LogP contribution in [-0.2, 0) is 9.53 Å². The minimum atomic E-state index is -2.12. The van der Waals surface area contributed by atoms with E-state index in [1.165, 1.54) is 0 Å². The largest absolute Gasteiger partial charge is 0.461 e. The van der Waals surface area contributed by atoms with Crippen LogP contribution < -0.4 is 4.74 Å². The summed E-state index contributed by atoms with van der Waals surface area (Å²) in [7, 11) is 0. The number of alkyl halides is 1. The second-order valence-corrected chi connectivity index (χ2v) is 3.93. The van der Waals surface area contributed by atoms with Crippen molar-refractivity contribution in [2.75, 3.05) is 6.61 Å². The molecule has 0 N–H and O–H groups in total. The summed E-state index contributed by atoms with van der Waals surface area (Å²) in [6, 6.07) is 3.14. The third-order valence-electron chi connectivity index (χ3n) is 2.12. The maximum Gasteiger partial charge on any atom is 0.381 e. The molecule has 94 valence electrons. The van der Waals surface area contributed by atoms with Gasteiger partial charge in [0.15, 0.2) is 0 Å². The highest BCUT2D eigenvalue weighted by Gasteiger charge is 2.20. The van der Waals surface area contributed by atoms with Crippen LogP contribution in [0.1, 0.15) is 18.1 Å². The van der Waals surface area contributed by atoms with Crippen LogP contribution in [0.2, 0.25) is 5.02 Å². The average Bonchev–Trinajstić information content (AvgIpc) is 2.26. The summed E-state index contributed by atoms with van der Waals surface area (Å²) in [6.45, 7) is 5.27. The van der Waals surface area contributed by atoms with Crippen LogP contribution in [0.3, 0.4) is 0 Å². The standard InChI is InChI=1S/C12H14ClFO3/c1-4-16-12(15)11(14)17-9-5-7(2)10(13)8(3)6-9/h5-6,11H,4H2,1-3H3. The van der Waals surface area contributed by atoms with Crippen molar-refractivity contribution in [3.63, 3.8) is 0 Å². The number of hydrogen-bond acceptors (Lipinski definition) is 3. The molecule has 0 heterocycles. The molecule has 0 bridgehead atoms. The summed E-state index contributed by atoms with van der Waals surface area (Å²) in [4.78, 5) is 11.0. The Kier molecular flexibility index (Phi) is 4.75. The number of carbonyl (C=O) groups excluding carboxylic acids is 1. The SMILES string of the molecule is CCOC(=O)C(F)Oc1cc(C)c(Cl)c(C)c1. The number of rotatable bonds is 4. The van der Waals surface area contributed by atoms with E-state index in [2.05, 4.69) is 4.74 Å². The molecule has 0 spiro atoms. The van der Waals surface area contributed by atoms with Crippen molar-refractivity contribution in [2.45, 2.75) is 27.1 Å². The first-order valence-corrected chi connectivity index (χ1v) is 5.57. The summed E-state index contributed by atoms with van der Waals surface area (Å²) in [5, 5.41) is 0.601. The monoisotopic (exact) mass is 260 g/mol. The second kappa shape index (κ2) is 5.87. The lowest BCUT2D eigenvalue weighted by Crippen LogP contribution is -2.24. The molecule has 17 heavy (non-hydrogen) atoms. The molecular formula is C12H14ClFO3. The molecule has 3 nitrogen and oxygen atoms in total. The Hall–Kier alpha value is -1.29. The van der Waals surface area contributed by atoms with Crippen molar-refractivity contribution in [1.29, 1.82) is 0 Å². The first-order valence-electron chi connectivity index (χ1n) is 5.19. The van der Waals surface area contributed by atoms with Gasteiger partial charge < -0.3 is 9.47 Å². The summed E-state index contributed by atoms with van der Waals surface area (Å²) < 4.78 is 22.6. The Morgan fingerprint density at radius 3 is 2.41 bits per heavy atom. The fraction of sp³-hybridized carbons (Fsp3) is 0.417. The normalized spacial score (nSPS) is 12.1. The third kappa shape index (κ3) is 3.60. The fourth-order valence-electron chi connectivity index (χ4n) is 1.35. The zero-order valence-electron chi connectivity index (χ0n) is 9.92. The highest BCUT2D eigenvalue weighted by atomic mass is 35.5. The molecule has 0 amide bonds. The van der Waals surface area contributed by atoms with Gasteiger partial charge in [-0.2, -0.15) is 4.39 Å². The molecule has 0 aliphatic heterocycles. The molecule has 0 aromatic heterocycles. The smallest absolute Gasteiger partial charge is 0.381 e. The van der Waals surface area contributed by atoms with E-state index in [1.807, 2.05) is 0 Å². The predicted octanol–water partition coefficient (Wildman–Crippen LogP) is 3.19. The maximum absolute atomic E-state index is 13.3. The van der Waals surface area contributed by atoms with Crippen molar-refractivity contribution < 1.29 is 18.7 Å². The Morgan fingerprint density at radius 2 is 1.94 bits per heavy atom. The highest BCUT2D eigenvalue weighted by molar-refractivity contribution is 6.32. The lowest BCUT2D eigenvalue weighted by molar-refractivity contribution is -0.159. The van der Waals surface area contributed by atoms with E-state index in [0.717, 1.165) is 11.1 Å². The number of hydrogen-bond donors (Lipinski definition) is 0. The van der Waals surface area contributed by atoms with E-state index >= 15 is 0 Å². The minimum absolute atomic E-state index is 0.112. The van der Waals surface area contributed by atoms with Crippen LogP contribution in [0, 0.1) is 13.8 Å². The zero-order chi connectivity index (χ0) is 13.0. The number of benzene rings is 1. The molecule has 0 aliphatic carbocycles. The van der Waals surface area contributed by atoms with E-state index in [0.29, 0.717) is 5.02 Å². The van der Waals surface area contributed by atoms with Crippen molar-refractivity contribution in [2.24, 2.45) is 0 Å². The predicted molar refractivity (Wildman–Crippen MR) is 63.1 cm³/mol. The highest BCUT2D eigenvalue weighted by Crippen LogP contribution is 2.26. The topological polar surface area (TPSA) is 35.5 Å². The molecule has 0 fully saturated rings. The second-order valence-electron chi connectivity index (χ2n) is 3.56. The summed E-state index contributed by atoms with van der Waals surface area (Å²) in [5.41, 5.74) is 1.52. The number of carbonyl (C=O) groups is 1. The molecule has 0 saturated heterocycles. The Balaban J connectivity index is 2.78. The quantitative estimate of drug-likeness (QED) is 0.780. The lowest BCUT2D eigenvalue weighted by Gasteiger charge is -2.12. The van der Waals surface area contributed by atoms with Crippen LogP contribution in [0.4, 0.5) is 4.39 Å². The molecule has 5 heteroatoms. The summed E-state index contributed by atoms with van der Waals surface area (Å²) in [6.07, 6.45) is -2.12. The van der Waals surface area contributed by atoms with Crippen LogP contribution >= 0.6 is 11.6 Å². The van der Waals surface area contributed by atoms with Gasteiger partial charge in [0.05, 0.1) is 6.61 Å². The molecule has 1 unspecified atom stereocenters. The van der Waals surface area contributed by atoms with E-state index in [1.54, 1.807) is 32.9 Å². The van der Waals surface area contributed by atoms with Gasteiger partial charge in [0, 0.05) is 5.02 Å². The van der Waals surface area contributed by atoms with E-state index < -0.39 is 12.3 Å². The maximum atomic E-state index is 13.3. The van der Waals surface area contributed by atoms with Gasteiger partial charge in [-0.3, -0.25) is 0 Å². The van der Waals surface area contributed by atoms with Gasteiger partial charge in [-0.1, -0.05) is 11.6 Å². The van der Waals surface area contributed by atoms with Crippen molar-refractivity contribution >= 4 is 17.6 Å². The van der Waals surface area contributed by atoms with Crippen LogP contribution in [0.15, 0.2) is 12.1 Å². The Morgan fingerprint density at radius 1 is 1.41 bits per heavy atom. The molecule has 0 radical (unpaired) electrons. The molecule has 0 aliphatic rings. The zero-order valence-corrected chi connectivity index (χ0v) is 10.7. The van der Waals surface area contributed by atoms with Crippen LogP contribution in [-0.4, -0.2) is 18.9 Å². The third-order valence-corrected chi connectivity index (χ3v) is 2.72. The Labute approximate surface area is 104 Å². The van der Waals surface area contributed by atoms with Gasteiger partial charge >= 0.3 is 12.3 Å². The number of esters is 1. The van der Waals surface area contributed by atoms with Gasteiger partial charge in [0.2, 0.25) is 0 Å². The van der Waals surface area contributed by atoms with Gasteiger partial charge in [0.25, 0.3) is 0 Å². The number of ether oxygens (including phenoxy) is 2. The molecule has 1 aromatic carbocycles. The van der Waals surface area contributed by atoms with E-state index in [9.17, 15) is 9.18 Å². The van der Waals surface area contributed by atoms with Crippen LogP contribution in [0.25, 0.3) is 0 Å². The molecule has 0 saturated carbocycles. The number of halogens is 2. The summed E-state index contributed by atoms with van der Waals surface area (Å²) in [5.74, 6) is -0.775. The van der Waals surface area contributed by atoms with Gasteiger partial charge in [-0.05, 0) is 44.0 Å². The van der Waals surface area contributed by atoms with E-state index in [4.69, 9.17) is 16.3 Å². The Bertz CT molecular complexity index is 397. The minimum Gasteiger partial charge on any atom is -0.461 e. The first-order chi connectivity index (χ1) is 7.95. The lowest BCUT2D eigenvalue weighted by atomic mass is 10.1. The van der Waals surface area contributed by atoms with Crippen molar-refractivity contribution in [1.82, 2.24) is 0 Å². The van der Waals surface area contributed by atoms with Crippen LogP contribution in [0.5, 0.6) is 5.75 Å². The number of aryl methyl sites for hydroxylation is 2. The van der Waals surface area contributed by atoms with Crippen molar-refractivity contribution in [3.05, 3.63) is 28.3 Å². The van der Waals surface area contributed by atoms with Crippen molar-refractivity contribution in [3.8, 4) is 5.75 Å². The van der Waals surface area contributed by atoms with Gasteiger partial charge in [0.1, 0.15) is 5.75 Å². The summed E-state index contributed by atoms with van der Waals surface area (Å²) >= 11 is 5.96. The van der Waals surface area contributed by atoms with Gasteiger partial charge in [-0.25, -0.2) is 4.79 Å². The fourth-order valence-corrected chi connectivity index (χ4v) is 1.46. The molecule has 1 rings (SSSR count). The average molecular weight is 261 g/mol. The molecule has 1 atom stereocenters. The van der Waals surface area contributed by atoms with Gasteiger partial charge in [-0.15, -0.1) is 0 Å². The van der Waals surface area contributed by atoms with E-state index in [-0.39, 0.29) is 12.4 Å². The molecule has 1 aromatic rings. The molecular weight excluding hydrogens is 247 g/mol. The first kappa shape index (κ1) is 13.8.